The Labute approximate surface area is 174 Å². The molecular weight excluding hydrogens is 391 g/mol. The third kappa shape index (κ3) is 3.74. The topological polar surface area (TPSA) is 70.3 Å². The van der Waals surface area contributed by atoms with E-state index in [2.05, 4.69) is 11.4 Å². The molecule has 150 valence electrons. The Hall–Kier alpha value is -3.18. The lowest BCUT2D eigenvalue weighted by atomic mass is 9.94. The van der Waals surface area contributed by atoms with E-state index in [1.807, 2.05) is 6.92 Å². The Morgan fingerprint density at radius 3 is 2.55 bits per heavy atom. The molecule has 29 heavy (non-hydrogen) atoms. The number of nitrogens with one attached hydrogen (secondary N) is 1. The van der Waals surface area contributed by atoms with Gasteiger partial charge in [0, 0.05) is 30.5 Å². The largest absolute Gasteiger partial charge is 0.466 e. The van der Waals surface area contributed by atoms with Gasteiger partial charge in [-0.1, -0.05) is 12.1 Å². The first-order valence-corrected chi connectivity index (χ1v) is 9.37. The molecule has 6 nitrogen and oxygen atoms in total. The fraction of sp³-hybridized carbons (Fsp3) is 0.286. The lowest BCUT2D eigenvalue weighted by Gasteiger charge is -2.37. The minimum Gasteiger partial charge on any atom is -0.466 e. The molecule has 0 radical (unpaired) electrons. The fourth-order valence-corrected chi connectivity index (χ4v) is 3.79. The van der Waals surface area contributed by atoms with E-state index < -0.39 is 12.0 Å². The molecule has 0 unspecified atom stereocenters. The summed E-state index contributed by atoms with van der Waals surface area (Å²) in [6.07, 6.45) is 0. The number of hydrogen-bond acceptors (Lipinski definition) is 4. The summed E-state index contributed by atoms with van der Waals surface area (Å²) < 4.78 is 20.0. The first-order chi connectivity index (χ1) is 13.8. The number of methoxy groups -OCH3 is 1. The van der Waals surface area contributed by atoms with Gasteiger partial charge in [-0.15, -0.1) is 0 Å². The second-order valence-corrected chi connectivity index (χ2v) is 7.21. The van der Waals surface area contributed by atoms with Crippen LogP contribution in [0.4, 0.5) is 4.39 Å². The van der Waals surface area contributed by atoms with Crippen molar-refractivity contribution in [2.45, 2.75) is 26.4 Å². The van der Waals surface area contributed by atoms with Crippen molar-refractivity contribution in [3.05, 3.63) is 69.9 Å². The number of carbonyl (C=O) groups excluding carboxylic acids is 1. The van der Waals surface area contributed by atoms with Crippen molar-refractivity contribution < 1.29 is 13.9 Å². The van der Waals surface area contributed by atoms with Gasteiger partial charge in [-0.2, -0.15) is 5.26 Å². The summed E-state index contributed by atoms with van der Waals surface area (Å²) in [6.45, 7) is 4.07. The quantitative estimate of drug-likeness (QED) is 0.614. The third-order valence-corrected chi connectivity index (χ3v) is 5.59. The Kier molecular flexibility index (Phi) is 5.71. The van der Waals surface area contributed by atoms with Crippen molar-refractivity contribution >= 4 is 23.3 Å². The summed E-state index contributed by atoms with van der Waals surface area (Å²) in [5.41, 5.74) is 4.04. The molecule has 1 aliphatic rings. The van der Waals surface area contributed by atoms with E-state index in [0.717, 1.165) is 16.8 Å². The van der Waals surface area contributed by atoms with Crippen LogP contribution >= 0.6 is 12.2 Å². The molecule has 0 bridgehead atoms. The van der Waals surface area contributed by atoms with E-state index >= 15 is 0 Å². The maximum atomic E-state index is 13.2. The molecule has 0 spiro atoms. The molecule has 2 heterocycles. The molecule has 0 fully saturated rings. The number of allylic oxidation sites excluding steroid dienone is 1. The second kappa shape index (κ2) is 8.05. The zero-order valence-electron chi connectivity index (χ0n) is 16.6. The predicted molar refractivity (Wildman–Crippen MR) is 110 cm³/mol. The molecule has 8 heteroatoms. The number of carbonyl (C=O) groups is 1. The molecule has 0 aliphatic carbocycles. The van der Waals surface area contributed by atoms with Crippen LogP contribution in [0.25, 0.3) is 0 Å². The molecule has 0 amide bonds. The number of esters is 1. The minimum atomic E-state index is -0.535. The van der Waals surface area contributed by atoms with Gasteiger partial charge in [0.1, 0.15) is 17.6 Å². The first-order valence-electron chi connectivity index (χ1n) is 8.96. The SMILES string of the molecule is COC(=O)C1=C(C)N(Cc2ccc(F)cc2)C(=S)N[C@@H]1c1cc(C#N)n(C)c1C. The number of nitriles is 1. The lowest BCUT2D eigenvalue weighted by molar-refractivity contribution is -0.136. The molecule has 1 aromatic heterocycles. The molecular formula is C21H21FN4O2S. The fourth-order valence-electron chi connectivity index (χ4n) is 3.47. The van der Waals surface area contributed by atoms with Gasteiger partial charge in [-0.25, -0.2) is 9.18 Å². The first kappa shape index (κ1) is 20.6. The van der Waals surface area contributed by atoms with E-state index in [4.69, 9.17) is 17.0 Å². The lowest BCUT2D eigenvalue weighted by Crippen LogP contribution is -2.47. The Morgan fingerprint density at radius 2 is 2.00 bits per heavy atom. The van der Waals surface area contributed by atoms with Gasteiger partial charge in [-0.05, 0) is 49.8 Å². The predicted octanol–water partition coefficient (Wildman–Crippen LogP) is 3.22. The highest BCUT2D eigenvalue weighted by Gasteiger charge is 2.36. The molecule has 2 aromatic rings. The van der Waals surface area contributed by atoms with Gasteiger partial charge >= 0.3 is 5.97 Å². The average Bonchev–Trinajstić information content (AvgIpc) is 2.99. The van der Waals surface area contributed by atoms with Crippen molar-refractivity contribution in [3.8, 4) is 6.07 Å². The molecule has 1 N–H and O–H groups in total. The average molecular weight is 412 g/mol. The van der Waals surface area contributed by atoms with E-state index in [1.54, 1.807) is 41.6 Å². The summed E-state index contributed by atoms with van der Waals surface area (Å²) in [4.78, 5) is 14.5. The van der Waals surface area contributed by atoms with Crippen molar-refractivity contribution in [1.82, 2.24) is 14.8 Å². The Balaban J connectivity index is 2.07. The van der Waals surface area contributed by atoms with Crippen molar-refractivity contribution in [1.29, 1.82) is 5.26 Å². The van der Waals surface area contributed by atoms with Crippen molar-refractivity contribution in [2.24, 2.45) is 7.05 Å². The van der Waals surface area contributed by atoms with Gasteiger partial charge in [-0.3, -0.25) is 0 Å². The number of benzene rings is 1. The van der Waals surface area contributed by atoms with Gasteiger partial charge < -0.3 is 19.5 Å². The highest BCUT2D eigenvalue weighted by atomic mass is 32.1. The van der Waals surface area contributed by atoms with Crippen LogP contribution in [-0.2, 0) is 23.1 Å². The van der Waals surface area contributed by atoms with Gasteiger partial charge in [0.25, 0.3) is 0 Å². The monoisotopic (exact) mass is 412 g/mol. The summed E-state index contributed by atoms with van der Waals surface area (Å²) in [5.74, 6) is -0.795. The molecule has 0 saturated carbocycles. The van der Waals surface area contributed by atoms with Crippen LogP contribution < -0.4 is 5.32 Å². The van der Waals surface area contributed by atoms with Gasteiger partial charge in [0.05, 0.1) is 18.7 Å². The van der Waals surface area contributed by atoms with Crippen molar-refractivity contribution in [3.63, 3.8) is 0 Å². The maximum absolute atomic E-state index is 13.2. The molecule has 1 aliphatic heterocycles. The van der Waals surface area contributed by atoms with E-state index in [0.29, 0.717) is 28.6 Å². The molecule has 1 aromatic carbocycles. The number of hydrogen-bond donors (Lipinski definition) is 1. The second-order valence-electron chi connectivity index (χ2n) is 6.83. The van der Waals surface area contributed by atoms with Crippen LogP contribution in [0.2, 0.25) is 0 Å². The number of rotatable bonds is 4. The highest BCUT2D eigenvalue weighted by molar-refractivity contribution is 7.80. The van der Waals surface area contributed by atoms with Crippen LogP contribution in [0.15, 0.2) is 41.6 Å². The van der Waals surface area contributed by atoms with E-state index in [-0.39, 0.29) is 5.82 Å². The normalized spacial score (nSPS) is 16.5. The standard InChI is InChI=1S/C21H21FN4O2S/c1-12-17(9-16(10-23)25(12)3)19-18(20(27)28-4)13(2)26(21(29)24-19)11-14-5-7-15(22)8-6-14/h5-9,19H,11H2,1-4H3,(H,24,29)/t19-/m1/s1. The summed E-state index contributed by atoms with van der Waals surface area (Å²) in [7, 11) is 3.13. The zero-order valence-corrected chi connectivity index (χ0v) is 17.4. The zero-order chi connectivity index (χ0) is 21.3. The van der Waals surface area contributed by atoms with Crippen LogP contribution in [0.3, 0.4) is 0 Å². The Morgan fingerprint density at radius 1 is 1.34 bits per heavy atom. The minimum absolute atomic E-state index is 0.316. The van der Waals surface area contributed by atoms with E-state index in [1.165, 1.54) is 19.2 Å². The molecule has 3 rings (SSSR count). The number of halogens is 1. The molecule has 1 atom stereocenters. The smallest absolute Gasteiger partial charge is 0.337 e. The number of thiocarbonyl (C=S) groups is 1. The Bertz CT molecular complexity index is 1050. The van der Waals surface area contributed by atoms with Crippen LogP contribution in [0.5, 0.6) is 0 Å². The third-order valence-electron chi connectivity index (χ3n) is 5.26. The molecule has 0 saturated heterocycles. The van der Waals surface area contributed by atoms with Gasteiger partial charge in [0.2, 0.25) is 0 Å². The summed E-state index contributed by atoms with van der Waals surface area (Å²) in [5, 5.41) is 13.0. The highest BCUT2D eigenvalue weighted by Crippen LogP contribution is 2.34. The summed E-state index contributed by atoms with van der Waals surface area (Å²) in [6, 6.07) is 9.49. The number of ether oxygens (including phenoxy) is 1. The van der Waals surface area contributed by atoms with Crippen LogP contribution in [-0.4, -0.2) is 27.7 Å². The number of nitrogens with zero attached hydrogens (tertiary/aromatic N) is 3. The summed E-state index contributed by atoms with van der Waals surface area (Å²) >= 11 is 5.58. The number of aromatic nitrogens is 1. The maximum Gasteiger partial charge on any atom is 0.337 e. The van der Waals surface area contributed by atoms with Crippen LogP contribution in [0.1, 0.15) is 35.5 Å². The van der Waals surface area contributed by atoms with Gasteiger partial charge in [0.15, 0.2) is 5.11 Å². The van der Waals surface area contributed by atoms with Crippen molar-refractivity contribution in [2.75, 3.05) is 7.11 Å². The van der Waals surface area contributed by atoms with E-state index in [9.17, 15) is 14.4 Å². The van der Waals surface area contributed by atoms with Crippen LogP contribution in [0, 0.1) is 24.1 Å².